The highest BCUT2D eigenvalue weighted by atomic mass is 16.5. The first-order valence-electron chi connectivity index (χ1n) is 7.13. The topological polar surface area (TPSA) is 80.8 Å². The monoisotopic (exact) mass is 306 g/mol. The first-order chi connectivity index (χ1) is 11.2. The number of esters is 1. The van der Waals surface area contributed by atoms with Crippen LogP contribution in [0.2, 0.25) is 0 Å². The van der Waals surface area contributed by atoms with Gasteiger partial charge in [-0.2, -0.15) is 5.26 Å². The van der Waals surface area contributed by atoms with Crippen molar-refractivity contribution in [3.05, 3.63) is 47.8 Å². The molecule has 0 aliphatic carbocycles. The van der Waals surface area contributed by atoms with Gasteiger partial charge in [0, 0.05) is 29.2 Å². The minimum absolute atomic E-state index is 0.159. The van der Waals surface area contributed by atoms with E-state index >= 15 is 0 Å². The van der Waals surface area contributed by atoms with E-state index in [0.717, 1.165) is 23.0 Å². The molecule has 23 heavy (non-hydrogen) atoms. The Balaban J connectivity index is 2.07. The lowest BCUT2D eigenvalue weighted by Gasteiger charge is -2.04. The number of methoxy groups -OCH3 is 1. The largest absolute Gasteiger partial charge is 0.464 e. The average Bonchev–Trinajstić information content (AvgIpc) is 2.98. The minimum Gasteiger partial charge on any atom is -0.464 e. The van der Waals surface area contributed by atoms with Crippen molar-refractivity contribution in [1.82, 2.24) is 14.8 Å². The predicted octanol–water partition coefficient (Wildman–Crippen LogP) is 2.78. The van der Waals surface area contributed by atoms with Crippen LogP contribution in [0.4, 0.5) is 0 Å². The third-order valence-electron chi connectivity index (χ3n) is 3.70. The number of hydrogen-bond donors (Lipinski definition) is 0. The number of carbonyl (C=O) groups is 1. The zero-order chi connectivity index (χ0) is 16.4. The number of rotatable bonds is 3. The fourth-order valence-corrected chi connectivity index (χ4v) is 2.51. The predicted molar refractivity (Wildman–Crippen MR) is 84.7 cm³/mol. The standard InChI is InChI=1S/C17H14N4O2/c1-3-21-10-12(9-18)13-8-11(4-7-16(13)21)14-5-6-15(20-19-14)17(22)23-2/h4-8,10H,3H2,1-2H3. The van der Waals surface area contributed by atoms with Gasteiger partial charge in [-0.15, -0.1) is 10.2 Å². The second kappa shape index (κ2) is 5.89. The summed E-state index contributed by atoms with van der Waals surface area (Å²) in [5.41, 5.74) is 3.27. The molecule has 6 heteroatoms. The molecule has 3 aromatic rings. The van der Waals surface area contributed by atoms with E-state index in [1.807, 2.05) is 35.9 Å². The smallest absolute Gasteiger partial charge is 0.358 e. The second-order valence-electron chi connectivity index (χ2n) is 4.97. The Kier molecular flexibility index (Phi) is 3.77. The molecule has 0 saturated carbocycles. The quantitative estimate of drug-likeness (QED) is 0.695. The van der Waals surface area contributed by atoms with Crippen molar-refractivity contribution >= 4 is 16.9 Å². The lowest BCUT2D eigenvalue weighted by atomic mass is 10.1. The highest BCUT2D eigenvalue weighted by molar-refractivity contribution is 5.90. The van der Waals surface area contributed by atoms with Crippen molar-refractivity contribution < 1.29 is 9.53 Å². The van der Waals surface area contributed by atoms with Gasteiger partial charge < -0.3 is 9.30 Å². The molecule has 0 aliphatic rings. The average molecular weight is 306 g/mol. The fraction of sp³-hybridized carbons (Fsp3) is 0.176. The van der Waals surface area contributed by atoms with E-state index in [4.69, 9.17) is 0 Å². The number of carbonyl (C=O) groups excluding carboxylic acids is 1. The van der Waals surface area contributed by atoms with E-state index in [0.29, 0.717) is 11.3 Å². The van der Waals surface area contributed by atoms with Crippen LogP contribution in [0.15, 0.2) is 36.5 Å². The van der Waals surface area contributed by atoms with Gasteiger partial charge in [0.1, 0.15) is 6.07 Å². The number of aromatic nitrogens is 3. The molecule has 0 unspecified atom stereocenters. The number of nitriles is 1. The van der Waals surface area contributed by atoms with Gasteiger partial charge in [0.2, 0.25) is 0 Å². The molecule has 0 bridgehead atoms. The van der Waals surface area contributed by atoms with Gasteiger partial charge in [0.05, 0.1) is 18.4 Å². The lowest BCUT2D eigenvalue weighted by molar-refractivity contribution is 0.0592. The molecule has 2 heterocycles. The number of benzene rings is 1. The SMILES string of the molecule is CCn1cc(C#N)c2cc(-c3ccc(C(=O)OC)nn3)ccc21. The Morgan fingerprint density at radius 3 is 2.74 bits per heavy atom. The maximum atomic E-state index is 11.4. The third kappa shape index (κ3) is 2.53. The molecule has 114 valence electrons. The van der Waals surface area contributed by atoms with Crippen LogP contribution in [0.1, 0.15) is 23.0 Å². The Labute approximate surface area is 132 Å². The van der Waals surface area contributed by atoms with E-state index in [1.165, 1.54) is 7.11 Å². The summed E-state index contributed by atoms with van der Waals surface area (Å²) in [6.45, 7) is 2.83. The summed E-state index contributed by atoms with van der Waals surface area (Å²) in [6, 6.07) is 11.3. The molecule has 0 fully saturated rings. The molecule has 0 amide bonds. The van der Waals surface area contributed by atoms with Gasteiger partial charge in [-0.05, 0) is 31.2 Å². The lowest BCUT2D eigenvalue weighted by Crippen LogP contribution is -2.05. The number of nitrogens with zero attached hydrogens (tertiary/aromatic N) is 4. The highest BCUT2D eigenvalue weighted by Crippen LogP contribution is 2.26. The maximum absolute atomic E-state index is 11.4. The summed E-state index contributed by atoms with van der Waals surface area (Å²) in [6.07, 6.45) is 1.85. The zero-order valence-corrected chi connectivity index (χ0v) is 12.8. The number of aryl methyl sites for hydroxylation is 1. The normalized spacial score (nSPS) is 10.5. The molecule has 0 radical (unpaired) electrons. The van der Waals surface area contributed by atoms with Gasteiger partial charge in [0.25, 0.3) is 0 Å². The van der Waals surface area contributed by atoms with Gasteiger partial charge >= 0.3 is 5.97 Å². The Hall–Kier alpha value is -3.20. The van der Waals surface area contributed by atoms with Crippen LogP contribution in [0.3, 0.4) is 0 Å². The summed E-state index contributed by atoms with van der Waals surface area (Å²) in [7, 11) is 1.30. The number of hydrogen-bond acceptors (Lipinski definition) is 5. The molecule has 0 atom stereocenters. The summed E-state index contributed by atoms with van der Waals surface area (Å²) in [5, 5.41) is 18.1. The molecule has 1 aromatic carbocycles. The zero-order valence-electron chi connectivity index (χ0n) is 12.8. The van der Waals surface area contributed by atoms with Crippen LogP contribution in [0.25, 0.3) is 22.2 Å². The van der Waals surface area contributed by atoms with Crippen molar-refractivity contribution in [3.8, 4) is 17.3 Å². The number of ether oxygens (including phenoxy) is 1. The molecule has 3 rings (SSSR count). The molecule has 0 spiro atoms. The van der Waals surface area contributed by atoms with Gasteiger partial charge in [-0.25, -0.2) is 4.79 Å². The summed E-state index contributed by atoms with van der Waals surface area (Å²) < 4.78 is 6.64. The number of fused-ring (bicyclic) bond motifs is 1. The van der Waals surface area contributed by atoms with Crippen LogP contribution in [0.5, 0.6) is 0 Å². The minimum atomic E-state index is -0.522. The van der Waals surface area contributed by atoms with Crippen molar-refractivity contribution in [1.29, 1.82) is 5.26 Å². The van der Waals surface area contributed by atoms with E-state index in [2.05, 4.69) is 21.0 Å². The summed E-state index contributed by atoms with van der Waals surface area (Å²) >= 11 is 0. The van der Waals surface area contributed by atoms with Gasteiger partial charge in [-0.1, -0.05) is 6.07 Å². The van der Waals surface area contributed by atoms with Gasteiger partial charge in [0.15, 0.2) is 5.69 Å². The summed E-state index contributed by atoms with van der Waals surface area (Å²) in [5.74, 6) is -0.522. The van der Waals surface area contributed by atoms with E-state index < -0.39 is 5.97 Å². The van der Waals surface area contributed by atoms with Gasteiger partial charge in [-0.3, -0.25) is 0 Å². The van der Waals surface area contributed by atoms with Crippen molar-refractivity contribution in [2.75, 3.05) is 7.11 Å². The molecule has 0 saturated heterocycles. The van der Waals surface area contributed by atoms with Crippen LogP contribution in [-0.2, 0) is 11.3 Å². The van der Waals surface area contributed by atoms with Crippen molar-refractivity contribution in [3.63, 3.8) is 0 Å². The first-order valence-corrected chi connectivity index (χ1v) is 7.13. The second-order valence-corrected chi connectivity index (χ2v) is 4.97. The molecule has 6 nitrogen and oxygen atoms in total. The molecule has 0 aliphatic heterocycles. The van der Waals surface area contributed by atoms with E-state index in [1.54, 1.807) is 12.1 Å². The highest BCUT2D eigenvalue weighted by Gasteiger charge is 2.11. The first kappa shape index (κ1) is 14.7. The fourth-order valence-electron chi connectivity index (χ4n) is 2.51. The maximum Gasteiger partial charge on any atom is 0.358 e. The van der Waals surface area contributed by atoms with E-state index in [9.17, 15) is 10.1 Å². The third-order valence-corrected chi connectivity index (χ3v) is 3.70. The Morgan fingerprint density at radius 2 is 2.13 bits per heavy atom. The molecular formula is C17H14N4O2. The van der Waals surface area contributed by atoms with Crippen LogP contribution in [0, 0.1) is 11.3 Å². The Morgan fingerprint density at radius 1 is 1.30 bits per heavy atom. The molecule has 2 aromatic heterocycles. The van der Waals surface area contributed by atoms with Crippen molar-refractivity contribution in [2.24, 2.45) is 0 Å². The molecular weight excluding hydrogens is 292 g/mol. The molecule has 0 N–H and O–H groups in total. The van der Waals surface area contributed by atoms with Crippen molar-refractivity contribution in [2.45, 2.75) is 13.5 Å². The van der Waals surface area contributed by atoms with Crippen LogP contribution in [-0.4, -0.2) is 27.8 Å². The summed E-state index contributed by atoms with van der Waals surface area (Å²) in [4.78, 5) is 11.4. The van der Waals surface area contributed by atoms with Crippen LogP contribution < -0.4 is 0 Å². The van der Waals surface area contributed by atoms with Crippen LogP contribution >= 0.6 is 0 Å². The van der Waals surface area contributed by atoms with E-state index in [-0.39, 0.29) is 5.69 Å². The Bertz CT molecular complexity index is 920.